The molecule has 4 atom stereocenters. The largest absolute Gasteiger partial charge is 0.313 e. The summed E-state index contributed by atoms with van der Waals surface area (Å²) in [4.78, 5) is 0. The third kappa shape index (κ3) is 2.83. The van der Waals surface area contributed by atoms with E-state index in [0.29, 0.717) is 24.9 Å². The van der Waals surface area contributed by atoms with Gasteiger partial charge in [0.05, 0.1) is 5.75 Å². The molecule has 0 aromatic carbocycles. The lowest BCUT2D eigenvalue weighted by molar-refractivity contribution is 0.257. The molecule has 5 heteroatoms. The molecule has 1 aliphatic heterocycles. The fourth-order valence-electron chi connectivity index (χ4n) is 4.42. The van der Waals surface area contributed by atoms with Crippen molar-refractivity contribution in [2.75, 3.05) is 25.4 Å². The molecule has 19 heavy (non-hydrogen) atoms. The van der Waals surface area contributed by atoms with Gasteiger partial charge in [-0.25, -0.2) is 12.7 Å². The molecule has 0 spiro atoms. The minimum absolute atomic E-state index is 0.342. The average molecular weight is 286 g/mol. The van der Waals surface area contributed by atoms with Crippen molar-refractivity contribution in [1.29, 1.82) is 0 Å². The predicted octanol–water partition coefficient (Wildman–Crippen LogP) is 1.44. The second-order valence-corrected chi connectivity index (χ2v) is 8.74. The number of hydrogen-bond acceptors (Lipinski definition) is 3. The summed E-state index contributed by atoms with van der Waals surface area (Å²) in [6.07, 6.45) is 6.49. The van der Waals surface area contributed by atoms with Crippen LogP contribution in [-0.4, -0.2) is 44.2 Å². The summed E-state index contributed by atoms with van der Waals surface area (Å²) in [5.41, 5.74) is 0. The molecule has 0 aromatic heterocycles. The fourth-order valence-corrected chi connectivity index (χ4v) is 5.95. The van der Waals surface area contributed by atoms with Crippen LogP contribution in [-0.2, 0) is 10.0 Å². The molecule has 0 unspecified atom stereocenters. The molecule has 1 saturated heterocycles. The quantitative estimate of drug-likeness (QED) is 0.832. The molecule has 2 saturated carbocycles. The van der Waals surface area contributed by atoms with Gasteiger partial charge >= 0.3 is 0 Å². The Kier molecular flexibility index (Phi) is 3.89. The van der Waals surface area contributed by atoms with Crippen LogP contribution in [0.5, 0.6) is 0 Å². The highest BCUT2D eigenvalue weighted by Gasteiger charge is 2.41. The van der Waals surface area contributed by atoms with E-state index >= 15 is 0 Å². The van der Waals surface area contributed by atoms with Gasteiger partial charge in [-0.15, -0.1) is 0 Å². The van der Waals surface area contributed by atoms with E-state index in [1.54, 1.807) is 4.31 Å². The Morgan fingerprint density at radius 3 is 2.74 bits per heavy atom. The maximum absolute atomic E-state index is 11.7. The molecule has 0 radical (unpaired) electrons. The van der Waals surface area contributed by atoms with Gasteiger partial charge in [0, 0.05) is 25.7 Å². The minimum atomic E-state index is -2.92. The summed E-state index contributed by atoms with van der Waals surface area (Å²) >= 11 is 0. The number of nitrogens with one attached hydrogen (secondary N) is 1. The van der Waals surface area contributed by atoms with Gasteiger partial charge in [0.25, 0.3) is 0 Å². The number of nitrogens with zero attached hydrogens (tertiary/aromatic N) is 1. The summed E-state index contributed by atoms with van der Waals surface area (Å²) in [6.45, 7) is 4.44. The predicted molar refractivity (Wildman–Crippen MR) is 76.4 cm³/mol. The van der Waals surface area contributed by atoms with Crippen LogP contribution in [0.3, 0.4) is 0 Å². The maximum Gasteiger partial charge on any atom is 0.214 e. The van der Waals surface area contributed by atoms with Crippen LogP contribution in [0.1, 0.15) is 39.0 Å². The molecule has 3 rings (SSSR count). The van der Waals surface area contributed by atoms with Crippen LogP contribution >= 0.6 is 0 Å². The molecule has 1 N–H and O–H groups in total. The SMILES string of the molecule is C[C@H](NCCN1CCCS1(=O)=O)[C@@H]1C[C@H]2CC[C@H]1C2. The topological polar surface area (TPSA) is 49.4 Å². The van der Waals surface area contributed by atoms with E-state index in [1.165, 1.54) is 25.7 Å². The van der Waals surface area contributed by atoms with Crippen molar-refractivity contribution in [2.24, 2.45) is 17.8 Å². The molecular formula is C14H26N2O2S. The van der Waals surface area contributed by atoms with E-state index in [2.05, 4.69) is 12.2 Å². The van der Waals surface area contributed by atoms with Crippen molar-refractivity contribution in [3.05, 3.63) is 0 Å². The van der Waals surface area contributed by atoms with Gasteiger partial charge in [-0.1, -0.05) is 6.42 Å². The van der Waals surface area contributed by atoms with Crippen LogP contribution < -0.4 is 5.32 Å². The Bertz CT molecular complexity index is 423. The zero-order valence-electron chi connectivity index (χ0n) is 11.8. The second kappa shape index (κ2) is 5.34. The highest BCUT2D eigenvalue weighted by molar-refractivity contribution is 7.89. The maximum atomic E-state index is 11.7. The van der Waals surface area contributed by atoms with Gasteiger partial charge in [-0.2, -0.15) is 0 Å². The van der Waals surface area contributed by atoms with Crippen LogP contribution in [0, 0.1) is 17.8 Å². The first kappa shape index (κ1) is 13.8. The van der Waals surface area contributed by atoms with Gasteiger partial charge in [-0.3, -0.25) is 0 Å². The van der Waals surface area contributed by atoms with Crippen LogP contribution in [0.15, 0.2) is 0 Å². The van der Waals surface area contributed by atoms with Crippen molar-refractivity contribution in [2.45, 2.75) is 45.1 Å². The molecule has 0 amide bonds. The highest BCUT2D eigenvalue weighted by atomic mass is 32.2. The van der Waals surface area contributed by atoms with Crippen LogP contribution in [0.4, 0.5) is 0 Å². The first-order valence-corrected chi connectivity index (χ1v) is 9.38. The number of hydrogen-bond donors (Lipinski definition) is 1. The van der Waals surface area contributed by atoms with Crippen LogP contribution in [0.25, 0.3) is 0 Å². The fraction of sp³-hybridized carbons (Fsp3) is 1.00. The first-order chi connectivity index (χ1) is 9.06. The summed E-state index contributed by atoms with van der Waals surface area (Å²) in [6, 6.07) is 0.542. The Balaban J connectivity index is 1.43. The standard InChI is InChI=1S/C14H26N2O2S/c1-11(14-10-12-3-4-13(14)9-12)15-5-7-16-6-2-8-19(16,17)18/h11-15H,2-10H2,1H3/t11-,12-,13-,14-/m0/s1. The van der Waals surface area contributed by atoms with Crippen molar-refractivity contribution < 1.29 is 8.42 Å². The average Bonchev–Trinajstić information content (AvgIpc) is 3.05. The van der Waals surface area contributed by atoms with Gasteiger partial charge in [0.2, 0.25) is 10.0 Å². The highest BCUT2D eigenvalue weighted by Crippen LogP contribution is 2.49. The first-order valence-electron chi connectivity index (χ1n) is 7.77. The molecule has 0 aromatic rings. The summed E-state index contributed by atoms with van der Waals surface area (Å²) in [5.74, 6) is 3.09. The molecule has 110 valence electrons. The number of rotatable bonds is 5. The third-order valence-electron chi connectivity index (χ3n) is 5.47. The van der Waals surface area contributed by atoms with Crippen molar-refractivity contribution in [3.63, 3.8) is 0 Å². The lowest BCUT2D eigenvalue weighted by atomic mass is 9.84. The summed E-state index contributed by atoms with van der Waals surface area (Å²) in [7, 11) is -2.92. The lowest BCUT2D eigenvalue weighted by Crippen LogP contribution is -2.41. The second-order valence-electron chi connectivity index (χ2n) is 6.65. The molecule has 2 bridgehead atoms. The molecule has 1 heterocycles. The van der Waals surface area contributed by atoms with Gasteiger partial charge < -0.3 is 5.32 Å². The van der Waals surface area contributed by atoms with E-state index in [-0.39, 0.29) is 0 Å². The Morgan fingerprint density at radius 2 is 2.16 bits per heavy atom. The lowest BCUT2D eigenvalue weighted by Gasteiger charge is -2.29. The van der Waals surface area contributed by atoms with E-state index in [1.807, 2.05) is 0 Å². The Morgan fingerprint density at radius 1 is 1.32 bits per heavy atom. The van der Waals surface area contributed by atoms with Crippen molar-refractivity contribution >= 4 is 10.0 Å². The van der Waals surface area contributed by atoms with E-state index in [4.69, 9.17) is 0 Å². The summed E-state index contributed by atoms with van der Waals surface area (Å²) in [5, 5.41) is 3.57. The van der Waals surface area contributed by atoms with Gasteiger partial charge in [-0.05, 0) is 50.4 Å². The van der Waals surface area contributed by atoms with E-state index < -0.39 is 10.0 Å². The molecule has 4 nitrogen and oxygen atoms in total. The van der Waals surface area contributed by atoms with Crippen molar-refractivity contribution in [1.82, 2.24) is 9.62 Å². The molecule has 3 fully saturated rings. The summed E-state index contributed by atoms with van der Waals surface area (Å²) < 4.78 is 25.0. The molecule has 2 aliphatic carbocycles. The minimum Gasteiger partial charge on any atom is -0.313 e. The Hall–Kier alpha value is -0.130. The van der Waals surface area contributed by atoms with Crippen LogP contribution in [0.2, 0.25) is 0 Å². The number of fused-ring (bicyclic) bond motifs is 2. The third-order valence-corrected chi connectivity index (χ3v) is 7.42. The smallest absolute Gasteiger partial charge is 0.214 e. The van der Waals surface area contributed by atoms with Crippen molar-refractivity contribution in [3.8, 4) is 0 Å². The monoisotopic (exact) mass is 286 g/mol. The van der Waals surface area contributed by atoms with E-state index in [9.17, 15) is 8.42 Å². The molecule has 3 aliphatic rings. The van der Waals surface area contributed by atoms with E-state index in [0.717, 1.165) is 30.7 Å². The van der Waals surface area contributed by atoms with Gasteiger partial charge in [0.15, 0.2) is 0 Å². The number of sulfonamides is 1. The zero-order chi connectivity index (χ0) is 13.5. The molecular weight excluding hydrogens is 260 g/mol. The van der Waals surface area contributed by atoms with Gasteiger partial charge in [0.1, 0.15) is 0 Å². The Labute approximate surface area is 117 Å². The normalized spacial score (nSPS) is 38.9. The zero-order valence-corrected chi connectivity index (χ0v) is 12.7.